The molecule has 0 aliphatic heterocycles. The summed E-state index contributed by atoms with van der Waals surface area (Å²) in [4.78, 5) is 6.43. The third-order valence-corrected chi connectivity index (χ3v) is 3.46. The lowest BCUT2D eigenvalue weighted by atomic mass is 10.2. The zero-order valence-corrected chi connectivity index (χ0v) is 12.7. The summed E-state index contributed by atoms with van der Waals surface area (Å²) in [5.41, 5.74) is 3.22. The molecule has 2 aromatic carbocycles. The number of para-hydroxylation sites is 1. The summed E-state index contributed by atoms with van der Waals surface area (Å²) >= 11 is 0. The lowest BCUT2D eigenvalue weighted by molar-refractivity contribution is 0.563. The van der Waals surface area contributed by atoms with E-state index in [0.717, 1.165) is 23.0 Å². The summed E-state index contributed by atoms with van der Waals surface area (Å²) in [5, 5.41) is 0. The van der Waals surface area contributed by atoms with Crippen molar-refractivity contribution in [2.75, 3.05) is 11.9 Å². The van der Waals surface area contributed by atoms with Crippen molar-refractivity contribution >= 4 is 23.5 Å². The van der Waals surface area contributed by atoms with E-state index in [9.17, 15) is 0 Å². The molecule has 1 aromatic heterocycles. The molecule has 0 radical (unpaired) electrons. The summed E-state index contributed by atoms with van der Waals surface area (Å²) in [6.07, 6.45) is 1.74. The van der Waals surface area contributed by atoms with Gasteiger partial charge in [0.1, 0.15) is 5.76 Å². The maximum absolute atomic E-state index is 5.82. The molecule has 3 nitrogen and oxygen atoms in total. The molecule has 0 spiro atoms. The van der Waals surface area contributed by atoms with E-state index in [2.05, 4.69) is 11.9 Å². The molecule has 3 rings (SSSR count). The van der Waals surface area contributed by atoms with Crippen LogP contribution < -0.4 is 4.90 Å². The molecule has 0 aliphatic rings. The van der Waals surface area contributed by atoms with Crippen molar-refractivity contribution in [1.29, 1.82) is 0 Å². The van der Waals surface area contributed by atoms with Gasteiger partial charge in [0.25, 0.3) is 0 Å². The maximum atomic E-state index is 5.82. The number of aliphatic imine (C=N–C) groups is 1. The summed E-state index contributed by atoms with van der Waals surface area (Å²) in [6.45, 7) is 2.06. The Bertz CT molecular complexity index is 758. The van der Waals surface area contributed by atoms with Crippen molar-refractivity contribution in [1.82, 2.24) is 0 Å². The van der Waals surface area contributed by atoms with Gasteiger partial charge in [-0.05, 0) is 37.3 Å². The monoisotopic (exact) mass is 290 g/mol. The predicted molar refractivity (Wildman–Crippen MR) is 91.6 cm³/mol. The smallest absolute Gasteiger partial charge is 0.200 e. The van der Waals surface area contributed by atoms with Gasteiger partial charge in [0, 0.05) is 18.8 Å². The number of hydrogen-bond donors (Lipinski definition) is 0. The zero-order valence-electron chi connectivity index (χ0n) is 12.7. The molecular formula is C19H18N2O. The van der Waals surface area contributed by atoms with Crippen molar-refractivity contribution in [2.45, 2.75) is 6.92 Å². The van der Waals surface area contributed by atoms with Gasteiger partial charge >= 0.3 is 0 Å². The minimum absolute atomic E-state index is 0.735. The van der Waals surface area contributed by atoms with E-state index in [0.29, 0.717) is 0 Å². The summed E-state index contributed by atoms with van der Waals surface area (Å²) in [6, 6.07) is 22.0. The standard InChI is InChI=1S/C19H18N2O/c1-15-8-10-16(11-9-15)20-14-18-12-13-19(22-18)21(2)17-6-4-3-5-7-17/h3-14H,1-2H3. The van der Waals surface area contributed by atoms with E-state index >= 15 is 0 Å². The maximum Gasteiger partial charge on any atom is 0.200 e. The van der Waals surface area contributed by atoms with Gasteiger partial charge in [0.05, 0.1) is 11.9 Å². The first-order valence-corrected chi connectivity index (χ1v) is 7.22. The fourth-order valence-corrected chi connectivity index (χ4v) is 2.14. The van der Waals surface area contributed by atoms with E-state index in [1.165, 1.54) is 5.56 Å². The van der Waals surface area contributed by atoms with Crippen LogP contribution >= 0.6 is 0 Å². The van der Waals surface area contributed by atoms with Gasteiger partial charge in [-0.2, -0.15) is 0 Å². The van der Waals surface area contributed by atoms with E-state index in [1.54, 1.807) is 6.21 Å². The Morgan fingerprint density at radius 1 is 0.909 bits per heavy atom. The van der Waals surface area contributed by atoms with Crippen LogP contribution in [0.3, 0.4) is 0 Å². The quantitative estimate of drug-likeness (QED) is 0.625. The minimum Gasteiger partial charge on any atom is -0.439 e. The fraction of sp³-hybridized carbons (Fsp3) is 0.105. The number of aryl methyl sites for hydroxylation is 1. The molecular weight excluding hydrogens is 272 g/mol. The molecule has 0 amide bonds. The molecule has 0 saturated carbocycles. The van der Waals surface area contributed by atoms with Crippen molar-refractivity contribution in [2.24, 2.45) is 4.99 Å². The van der Waals surface area contributed by atoms with Crippen LogP contribution in [-0.4, -0.2) is 13.3 Å². The number of furan rings is 1. The van der Waals surface area contributed by atoms with Crippen LogP contribution in [-0.2, 0) is 0 Å². The van der Waals surface area contributed by atoms with Crippen molar-refractivity contribution in [3.63, 3.8) is 0 Å². The summed E-state index contributed by atoms with van der Waals surface area (Å²) in [5.74, 6) is 1.52. The minimum atomic E-state index is 0.735. The molecule has 3 aromatic rings. The third-order valence-electron chi connectivity index (χ3n) is 3.46. The van der Waals surface area contributed by atoms with Gasteiger partial charge < -0.3 is 9.32 Å². The molecule has 0 saturated heterocycles. The molecule has 0 N–H and O–H groups in total. The van der Waals surface area contributed by atoms with Gasteiger partial charge in [-0.3, -0.25) is 4.99 Å². The van der Waals surface area contributed by atoms with Crippen molar-refractivity contribution in [3.8, 4) is 0 Å². The van der Waals surface area contributed by atoms with Crippen LogP contribution in [0.2, 0.25) is 0 Å². The second-order valence-electron chi connectivity index (χ2n) is 5.16. The van der Waals surface area contributed by atoms with Crippen LogP contribution in [0.25, 0.3) is 0 Å². The first-order chi connectivity index (χ1) is 10.7. The highest BCUT2D eigenvalue weighted by atomic mass is 16.4. The number of hydrogen-bond acceptors (Lipinski definition) is 3. The average molecular weight is 290 g/mol. The molecule has 22 heavy (non-hydrogen) atoms. The Labute approximate surface area is 130 Å². The lowest BCUT2D eigenvalue weighted by Crippen LogP contribution is -2.07. The Kier molecular flexibility index (Phi) is 4.05. The molecule has 110 valence electrons. The van der Waals surface area contributed by atoms with E-state index in [-0.39, 0.29) is 0 Å². The average Bonchev–Trinajstić information content (AvgIpc) is 3.03. The molecule has 0 fully saturated rings. The first-order valence-electron chi connectivity index (χ1n) is 7.22. The second kappa shape index (κ2) is 6.31. The van der Waals surface area contributed by atoms with Crippen LogP contribution in [0.4, 0.5) is 17.3 Å². The summed E-state index contributed by atoms with van der Waals surface area (Å²) in [7, 11) is 1.98. The van der Waals surface area contributed by atoms with E-state index < -0.39 is 0 Å². The number of nitrogens with zero attached hydrogens (tertiary/aromatic N) is 2. The second-order valence-corrected chi connectivity index (χ2v) is 5.16. The van der Waals surface area contributed by atoms with Gasteiger partial charge in [0.2, 0.25) is 0 Å². The highest BCUT2D eigenvalue weighted by Crippen LogP contribution is 2.25. The Morgan fingerprint density at radius 3 is 2.36 bits per heavy atom. The van der Waals surface area contributed by atoms with Gasteiger partial charge in [-0.25, -0.2) is 0 Å². The first kappa shape index (κ1) is 14.1. The largest absolute Gasteiger partial charge is 0.439 e. The van der Waals surface area contributed by atoms with Crippen LogP contribution in [0.5, 0.6) is 0 Å². The summed E-state index contributed by atoms with van der Waals surface area (Å²) < 4.78 is 5.82. The predicted octanol–water partition coefficient (Wildman–Crippen LogP) is 5.11. The van der Waals surface area contributed by atoms with E-state index in [4.69, 9.17) is 4.42 Å². The molecule has 3 heteroatoms. The van der Waals surface area contributed by atoms with Crippen LogP contribution in [0, 0.1) is 6.92 Å². The SMILES string of the molecule is Cc1ccc(N=Cc2ccc(N(C)c3ccccc3)o2)cc1. The topological polar surface area (TPSA) is 28.7 Å². The number of anilines is 2. The van der Waals surface area contributed by atoms with E-state index in [1.807, 2.05) is 78.7 Å². The Balaban J connectivity index is 1.75. The third kappa shape index (κ3) is 3.26. The fourth-order valence-electron chi connectivity index (χ4n) is 2.14. The van der Waals surface area contributed by atoms with Crippen molar-refractivity contribution < 1.29 is 4.42 Å². The highest BCUT2D eigenvalue weighted by Gasteiger charge is 2.07. The molecule has 0 bridgehead atoms. The van der Waals surface area contributed by atoms with Crippen molar-refractivity contribution in [3.05, 3.63) is 78.1 Å². The molecule has 0 atom stereocenters. The van der Waals surface area contributed by atoms with Crippen LogP contribution in [0.1, 0.15) is 11.3 Å². The van der Waals surface area contributed by atoms with Gasteiger partial charge in [-0.15, -0.1) is 0 Å². The van der Waals surface area contributed by atoms with Gasteiger partial charge in [0.15, 0.2) is 5.88 Å². The molecule has 1 heterocycles. The Morgan fingerprint density at radius 2 is 1.64 bits per heavy atom. The van der Waals surface area contributed by atoms with Gasteiger partial charge in [-0.1, -0.05) is 35.9 Å². The van der Waals surface area contributed by atoms with Crippen LogP contribution in [0.15, 0.2) is 76.1 Å². The highest BCUT2D eigenvalue weighted by molar-refractivity contribution is 5.79. The zero-order chi connectivity index (χ0) is 15.4. The molecule has 0 unspecified atom stereocenters. The lowest BCUT2D eigenvalue weighted by Gasteiger charge is -2.15. The molecule has 0 aliphatic carbocycles. The number of rotatable bonds is 4. The Hall–Kier alpha value is -2.81. The normalized spacial score (nSPS) is 11.0. The number of benzene rings is 2.